The lowest BCUT2D eigenvalue weighted by Gasteiger charge is -2.54. The van der Waals surface area contributed by atoms with E-state index in [0.29, 0.717) is 16.6 Å². The van der Waals surface area contributed by atoms with Crippen LogP contribution in [0.15, 0.2) is 23.3 Å². The van der Waals surface area contributed by atoms with Crippen molar-refractivity contribution in [1.29, 1.82) is 0 Å². The van der Waals surface area contributed by atoms with Gasteiger partial charge in [0.05, 0.1) is 10.5 Å². The molecule has 4 aliphatic rings. The molecule has 4 saturated carbocycles. The van der Waals surface area contributed by atoms with Crippen molar-refractivity contribution in [2.24, 2.45) is 22.9 Å². The van der Waals surface area contributed by atoms with Gasteiger partial charge in [0.15, 0.2) is 0 Å². The third-order valence-electron chi connectivity index (χ3n) is 5.45. The molecule has 2 N–H and O–H groups in total. The van der Waals surface area contributed by atoms with Crippen molar-refractivity contribution in [1.82, 2.24) is 0 Å². The summed E-state index contributed by atoms with van der Waals surface area (Å²) in [7, 11) is 0. The number of nitro groups is 1. The molecular weight excluding hydrogens is 318 g/mol. The predicted octanol–water partition coefficient (Wildman–Crippen LogP) is 3.59. The van der Waals surface area contributed by atoms with E-state index in [1.54, 1.807) is 0 Å². The minimum Gasteiger partial charge on any atom is -0.390 e. The molecule has 7 heteroatoms. The Kier molecular flexibility index (Phi) is 3.35. The van der Waals surface area contributed by atoms with Crippen molar-refractivity contribution < 1.29 is 10.0 Å². The molecule has 4 aliphatic carbocycles. The second kappa shape index (κ2) is 5.18. The van der Waals surface area contributed by atoms with Crippen LogP contribution in [0.1, 0.15) is 32.1 Å². The molecule has 4 fully saturated rings. The van der Waals surface area contributed by atoms with Gasteiger partial charge >= 0.3 is 0 Å². The number of hydrogen-bond donors (Lipinski definition) is 2. The zero-order valence-electron chi connectivity index (χ0n) is 12.5. The van der Waals surface area contributed by atoms with Crippen LogP contribution in [0, 0.1) is 27.9 Å². The lowest BCUT2D eigenvalue weighted by atomic mass is 9.53. The Hall–Kier alpha value is -1.66. The van der Waals surface area contributed by atoms with Gasteiger partial charge in [0, 0.05) is 28.6 Å². The summed E-state index contributed by atoms with van der Waals surface area (Å²) in [4.78, 5) is 10.7. The van der Waals surface area contributed by atoms with Crippen molar-refractivity contribution in [2.45, 2.75) is 37.7 Å². The fourth-order valence-corrected chi connectivity index (χ4v) is 4.96. The molecule has 0 aromatic heterocycles. The van der Waals surface area contributed by atoms with Gasteiger partial charge < -0.3 is 5.11 Å². The molecule has 4 bridgehead atoms. The van der Waals surface area contributed by atoms with Crippen LogP contribution in [0.2, 0.25) is 5.02 Å². The van der Waals surface area contributed by atoms with E-state index in [4.69, 9.17) is 11.6 Å². The molecule has 0 aliphatic heterocycles. The van der Waals surface area contributed by atoms with Crippen molar-refractivity contribution >= 4 is 28.7 Å². The standard InChI is InChI=1S/C16H18ClN3O3/c17-12-1-2-14(20(22)23)13(5-12)18-19-15-10-3-9-4-11(15)8-16(21,6-9)7-10/h1-2,5,9-11,18,21H,3-4,6-8H2/t9?,10-,11-,16?/m0/s1. The normalized spacial score (nSPS) is 34.5. The van der Waals surface area contributed by atoms with Crippen LogP contribution in [0.5, 0.6) is 0 Å². The smallest absolute Gasteiger partial charge is 0.294 e. The average molecular weight is 336 g/mol. The van der Waals surface area contributed by atoms with Crippen LogP contribution in [-0.2, 0) is 0 Å². The van der Waals surface area contributed by atoms with E-state index >= 15 is 0 Å². The summed E-state index contributed by atoms with van der Waals surface area (Å²) >= 11 is 5.94. The fourth-order valence-electron chi connectivity index (χ4n) is 4.79. The maximum atomic E-state index is 11.1. The minimum atomic E-state index is -0.516. The van der Waals surface area contributed by atoms with Crippen molar-refractivity contribution in [3.63, 3.8) is 0 Å². The molecule has 23 heavy (non-hydrogen) atoms. The molecule has 6 nitrogen and oxygen atoms in total. The van der Waals surface area contributed by atoms with Gasteiger partial charge in [0.25, 0.3) is 5.69 Å². The lowest BCUT2D eigenvalue weighted by Crippen LogP contribution is -2.55. The van der Waals surface area contributed by atoms with Gasteiger partial charge in [-0.05, 0) is 50.2 Å². The Morgan fingerprint density at radius 1 is 1.30 bits per heavy atom. The van der Waals surface area contributed by atoms with Gasteiger partial charge in [0.1, 0.15) is 5.69 Å². The first-order valence-corrected chi connectivity index (χ1v) is 8.31. The van der Waals surface area contributed by atoms with Gasteiger partial charge in [-0.3, -0.25) is 15.5 Å². The van der Waals surface area contributed by atoms with Gasteiger partial charge in [-0.1, -0.05) is 11.6 Å². The molecule has 1 aromatic rings. The zero-order chi connectivity index (χ0) is 16.2. The first-order chi connectivity index (χ1) is 10.9. The summed E-state index contributed by atoms with van der Waals surface area (Å²) in [6, 6.07) is 4.40. The Bertz CT molecular complexity index is 688. The fraction of sp³-hybridized carbons (Fsp3) is 0.562. The summed E-state index contributed by atoms with van der Waals surface area (Å²) in [6.07, 6.45) is 4.57. The van der Waals surface area contributed by atoms with E-state index in [-0.39, 0.29) is 17.5 Å². The summed E-state index contributed by atoms with van der Waals surface area (Å²) in [5.41, 5.74) is 3.66. The van der Waals surface area contributed by atoms with Crippen molar-refractivity contribution in [3.8, 4) is 0 Å². The van der Waals surface area contributed by atoms with Gasteiger partial charge in [-0.2, -0.15) is 5.10 Å². The lowest BCUT2D eigenvalue weighted by molar-refractivity contribution is -0.384. The van der Waals surface area contributed by atoms with Gasteiger partial charge in [0.2, 0.25) is 0 Å². The summed E-state index contributed by atoms with van der Waals surface area (Å²) in [5.74, 6) is 1.17. The van der Waals surface area contributed by atoms with Crippen LogP contribution < -0.4 is 5.43 Å². The Labute approximate surface area is 138 Å². The number of halogens is 1. The quantitative estimate of drug-likeness (QED) is 0.652. The van der Waals surface area contributed by atoms with Crippen LogP contribution >= 0.6 is 11.6 Å². The Morgan fingerprint density at radius 2 is 2.00 bits per heavy atom. The van der Waals surface area contributed by atoms with Crippen LogP contribution in [0.25, 0.3) is 0 Å². The number of nitrogens with zero attached hydrogens (tertiary/aromatic N) is 2. The first-order valence-electron chi connectivity index (χ1n) is 7.93. The predicted molar refractivity (Wildman–Crippen MR) is 87.7 cm³/mol. The van der Waals surface area contributed by atoms with E-state index in [9.17, 15) is 15.2 Å². The number of aliphatic hydroxyl groups is 1. The molecule has 0 amide bonds. The summed E-state index contributed by atoms with van der Waals surface area (Å²) in [6.45, 7) is 0. The Morgan fingerprint density at radius 3 is 2.61 bits per heavy atom. The highest BCUT2D eigenvalue weighted by Crippen LogP contribution is 2.54. The molecule has 2 atom stereocenters. The maximum Gasteiger partial charge on any atom is 0.294 e. The molecule has 0 spiro atoms. The summed E-state index contributed by atoms with van der Waals surface area (Å²) in [5, 5.41) is 26.6. The number of nitro benzene ring substituents is 1. The second-order valence-corrected chi connectivity index (χ2v) is 7.57. The molecule has 0 unspecified atom stereocenters. The third-order valence-corrected chi connectivity index (χ3v) is 5.69. The third kappa shape index (κ3) is 2.60. The molecule has 0 radical (unpaired) electrons. The second-order valence-electron chi connectivity index (χ2n) is 7.14. The average Bonchev–Trinajstić information content (AvgIpc) is 2.44. The number of benzene rings is 1. The van der Waals surface area contributed by atoms with Crippen molar-refractivity contribution in [3.05, 3.63) is 33.3 Å². The van der Waals surface area contributed by atoms with Gasteiger partial charge in [-0.25, -0.2) is 0 Å². The number of hydrazone groups is 1. The zero-order valence-corrected chi connectivity index (χ0v) is 13.3. The molecule has 0 saturated heterocycles. The van der Waals surface area contributed by atoms with E-state index in [1.807, 2.05) is 0 Å². The highest BCUT2D eigenvalue weighted by Gasteiger charge is 2.53. The highest BCUT2D eigenvalue weighted by molar-refractivity contribution is 6.31. The Balaban J connectivity index is 1.61. The largest absolute Gasteiger partial charge is 0.390 e. The number of rotatable bonds is 3. The van der Waals surface area contributed by atoms with Crippen LogP contribution in [-0.4, -0.2) is 21.3 Å². The SMILES string of the molecule is O=[N+]([O-])c1ccc(Cl)cc1NN=C1[C@H]2CC3C[C@H]1CC(O)(C3)C2. The first kappa shape index (κ1) is 14.9. The summed E-state index contributed by atoms with van der Waals surface area (Å²) < 4.78 is 0. The number of nitrogens with one attached hydrogen (secondary N) is 1. The monoisotopic (exact) mass is 335 g/mol. The van der Waals surface area contributed by atoms with E-state index in [2.05, 4.69) is 10.5 Å². The molecule has 5 rings (SSSR count). The highest BCUT2D eigenvalue weighted by atomic mass is 35.5. The number of hydrogen-bond acceptors (Lipinski definition) is 5. The molecule has 122 valence electrons. The molecule has 0 heterocycles. The minimum absolute atomic E-state index is 0.0406. The number of anilines is 1. The van der Waals surface area contributed by atoms with Crippen molar-refractivity contribution in [2.75, 3.05) is 5.43 Å². The van der Waals surface area contributed by atoms with Gasteiger partial charge in [-0.15, -0.1) is 0 Å². The maximum absolute atomic E-state index is 11.1. The van der Waals surface area contributed by atoms with Crippen LogP contribution in [0.3, 0.4) is 0 Å². The molecule has 1 aromatic carbocycles. The van der Waals surface area contributed by atoms with Crippen LogP contribution in [0.4, 0.5) is 11.4 Å². The van der Waals surface area contributed by atoms with E-state index in [1.165, 1.54) is 18.2 Å². The van der Waals surface area contributed by atoms with E-state index in [0.717, 1.165) is 37.8 Å². The van der Waals surface area contributed by atoms with E-state index < -0.39 is 10.5 Å². The molecular formula is C16H18ClN3O3. The topological polar surface area (TPSA) is 87.8 Å².